The third-order valence-corrected chi connectivity index (χ3v) is 13.0. The van der Waals surface area contributed by atoms with Gasteiger partial charge in [0, 0.05) is 27.7 Å². The highest BCUT2D eigenvalue weighted by Crippen LogP contribution is 2.37. The molecule has 0 spiro atoms. The molecule has 0 amide bonds. The van der Waals surface area contributed by atoms with E-state index in [0.29, 0.717) is 6.79 Å². The Morgan fingerprint density at radius 1 is 1.11 bits per heavy atom. The number of ether oxygens (including phenoxy) is 2. The lowest BCUT2D eigenvalue weighted by molar-refractivity contribution is -0.0899. The number of hydrogen-bond donors (Lipinski definition) is 0. The summed E-state index contributed by atoms with van der Waals surface area (Å²) >= 11 is 2.00. The van der Waals surface area contributed by atoms with E-state index in [2.05, 4.69) is 59.6 Å². The van der Waals surface area contributed by atoms with Gasteiger partial charge < -0.3 is 13.9 Å². The van der Waals surface area contributed by atoms with Gasteiger partial charge in [-0.2, -0.15) is 0 Å². The van der Waals surface area contributed by atoms with Crippen LogP contribution in [0.4, 0.5) is 0 Å². The second-order valence-corrected chi connectivity index (χ2v) is 22.0. The third-order valence-electron chi connectivity index (χ3n) is 5.53. The second-order valence-electron chi connectivity index (χ2n) is 10.4. The maximum absolute atomic E-state index is 6.38. The number of rotatable bonds is 12. The van der Waals surface area contributed by atoms with Gasteiger partial charge in [0.2, 0.25) is 0 Å². The highest BCUT2D eigenvalue weighted by atomic mass is 32.2. The minimum absolute atomic E-state index is 0.193. The summed E-state index contributed by atoms with van der Waals surface area (Å²) in [5, 5.41) is 0.255. The molecule has 0 N–H and O–H groups in total. The van der Waals surface area contributed by atoms with Crippen molar-refractivity contribution in [2.24, 2.45) is 0 Å². The van der Waals surface area contributed by atoms with Crippen LogP contribution in [0.2, 0.25) is 43.8 Å². The summed E-state index contributed by atoms with van der Waals surface area (Å²) < 4.78 is 18.3. The molecule has 1 aliphatic rings. The molecule has 1 unspecified atom stereocenters. The molecule has 3 nitrogen and oxygen atoms in total. The Balaban J connectivity index is 2.46. The zero-order valence-corrected chi connectivity index (χ0v) is 22.0. The summed E-state index contributed by atoms with van der Waals surface area (Å²) in [6, 6.07) is 1.19. The predicted molar refractivity (Wildman–Crippen MR) is 126 cm³/mol. The first-order chi connectivity index (χ1) is 12.4. The zero-order valence-electron chi connectivity index (χ0n) is 19.2. The monoisotopic (exact) mass is 432 g/mol. The Morgan fingerprint density at radius 3 is 2.37 bits per heavy atom. The predicted octanol–water partition coefficient (Wildman–Crippen LogP) is 6.90. The van der Waals surface area contributed by atoms with E-state index in [0.717, 1.165) is 26.1 Å². The first kappa shape index (κ1) is 25.4. The molecule has 0 saturated heterocycles. The van der Waals surface area contributed by atoms with Gasteiger partial charge in [-0.1, -0.05) is 46.5 Å². The molecule has 0 bridgehead atoms. The third kappa shape index (κ3) is 11.2. The van der Waals surface area contributed by atoms with Crippen molar-refractivity contribution < 1.29 is 13.9 Å². The highest BCUT2D eigenvalue weighted by molar-refractivity contribution is 8.03. The Hall–Kier alpha value is 0.404. The van der Waals surface area contributed by atoms with E-state index in [4.69, 9.17) is 13.9 Å². The Bertz CT molecular complexity index is 453. The normalized spacial score (nSPS) is 17.7. The molecular weight excluding hydrogens is 388 g/mol. The van der Waals surface area contributed by atoms with Gasteiger partial charge in [-0.05, 0) is 54.1 Å². The van der Waals surface area contributed by atoms with E-state index in [1.165, 1.54) is 29.5 Å². The van der Waals surface area contributed by atoms with Crippen molar-refractivity contribution in [3.05, 3.63) is 11.0 Å². The summed E-state index contributed by atoms with van der Waals surface area (Å²) in [5.74, 6) is 1.24. The summed E-state index contributed by atoms with van der Waals surface area (Å²) in [4.78, 5) is 1.49. The van der Waals surface area contributed by atoms with Crippen molar-refractivity contribution in [3.63, 3.8) is 0 Å². The van der Waals surface area contributed by atoms with Gasteiger partial charge in [0.25, 0.3) is 0 Å². The van der Waals surface area contributed by atoms with Gasteiger partial charge in [-0.15, -0.1) is 11.8 Å². The van der Waals surface area contributed by atoms with Crippen LogP contribution in [0.25, 0.3) is 0 Å². The first-order valence-electron chi connectivity index (χ1n) is 10.6. The van der Waals surface area contributed by atoms with Gasteiger partial charge >= 0.3 is 0 Å². The molecule has 0 radical (unpaired) electrons. The molecule has 0 aromatic rings. The largest absolute Gasteiger partial charge is 0.417 e. The van der Waals surface area contributed by atoms with E-state index < -0.39 is 16.4 Å². The fourth-order valence-corrected chi connectivity index (χ4v) is 5.39. The van der Waals surface area contributed by atoms with Crippen molar-refractivity contribution in [3.8, 4) is 0 Å². The molecule has 0 aliphatic carbocycles. The molecule has 160 valence electrons. The van der Waals surface area contributed by atoms with Crippen molar-refractivity contribution >= 4 is 28.2 Å². The fraction of sp³-hybridized carbons (Fsp3) is 0.905. The quantitative estimate of drug-likeness (QED) is 0.190. The van der Waals surface area contributed by atoms with Crippen LogP contribution in [-0.4, -0.2) is 48.3 Å². The SMILES string of the molecule is CC(C)(C)[Si](C)(C)OCCC(CC1=CCCCS1)OCOCC[Si](C)(C)C. The Kier molecular flexibility index (Phi) is 10.9. The van der Waals surface area contributed by atoms with Crippen LogP contribution in [0.5, 0.6) is 0 Å². The molecule has 0 aromatic heterocycles. The van der Waals surface area contributed by atoms with Crippen LogP contribution in [0.1, 0.15) is 46.5 Å². The summed E-state index contributed by atoms with van der Waals surface area (Å²) in [7, 11) is -2.73. The van der Waals surface area contributed by atoms with E-state index in [1.54, 1.807) is 0 Å². The lowest BCUT2D eigenvalue weighted by Gasteiger charge is -2.36. The van der Waals surface area contributed by atoms with Crippen LogP contribution < -0.4 is 0 Å². The molecule has 6 heteroatoms. The average Bonchev–Trinajstić information content (AvgIpc) is 2.53. The van der Waals surface area contributed by atoms with Gasteiger partial charge in [0.15, 0.2) is 8.32 Å². The standard InChI is InChI=1S/C21H44O3SSi2/c1-21(2,3)27(7,8)24-13-12-19(17-20-11-9-10-15-25-20)23-18-22-14-16-26(4,5)6/h11,19H,9-10,12-18H2,1-8H3. The van der Waals surface area contributed by atoms with Crippen LogP contribution in [0.3, 0.4) is 0 Å². The maximum atomic E-state index is 6.38. The van der Waals surface area contributed by atoms with E-state index in [-0.39, 0.29) is 11.1 Å². The molecular formula is C21H44O3SSi2. The van der Waals surface area contributed by atoms with Crippen LogP contribution in [0.15, 0.2) is 11.0 Å². The number of allylic oxidation sites excluding steroid dienone is 1. The Morgan fingerprint density at radius 2 is 1.81 bits per heavy atom. The minimum atomic E-state index is -1.69. The van der Waals surface area contributed by atoms with Gasteiger partial charge in [-0.25, -0.2) is 0 Å². The van der Waals surface area contributed by atoms with E-state index in [9.17, 15) is 0 Å². The van der Waals surface area contributed by atoms with Gasteiger partial charge in [0.05, 0.1) is 6.10 Å². The topological polar surface area (TPSA) is 27.7 Å². The van der Waals surface area contributed by atoms with E-state index >= 15 is 0 Å². The first-order valence-corrected chi connectivity index (χ1v) is 18.2. The minimum Gasteiger partial charge on any atom is -0.417 e. The molecule has 1 aliphatic heterocycles. The zero-order chi connectivity index (χ0) is 20.6. The summed E-state index contributed by atoms with van der Waals surface area (Å²) in [5.41, 5.74) is 0. The molecule has 27 heavy (non-hydrogen) atoms. The van der Waals surface area contributed by atoms with Crippen LogP contribution in [0, 0.1) is 0 Å². The number of thioether (sulfide) groups is 1. The van der Waals surface area contributed by atoms with Gasteiger partial charge in [0.1, 0.15) is 6.79 Å². The molecule has 0 aromatic carbocycles. The molecule has 1 rings (SSSR count). The van der Waals surface area contributed by atoms with Crippen molar-refractivity contribution in [1.29, 1.82) is 0 Å². The van der Waals surface area contributed by atoms with Crippen molar-refractivity contribution in [1.82, 2.24) is 0 Å². The highest BCUT2D eigenvalue weighted by Gasteiger charge is 2.37. The lowest BCUT2D eigenvalue weighted by atomic mass is 10.1. The van der Waals surface area contributed by atoms with Crippen molar-refractivity contribution in [2.75, 3.05) is 25.8 Å². The lowest BCUT2D eigenvalue weighted by Crippen LogP contribution is -2.41. The number of hydrogen-bond acceptors (Lipinski definition) is 4. The maximum Gasteiger partial charge on any atom is 0.191 e. The average molecular weight is 433 g/mol. The summed E-state index contributed by atoms with van der Waals surface area (Å²) in [6.07, 6.45) is 7.05. The fourth-order valence-electron chi connectivity index (χ4n) is 2.46. The summed E-state index contributed by atoms with van der Waals surface area (Å²) in [6.45, 7) is 20.7. The van der Waals surface area contributed by atoms with Crippen molar-refractivity contribution in [2.45, 2.75) is 96.4 Å². The second kappa shape index (κ2) is 11.6. The Labute approximate surface area is 175 Å². The van der Waals surface area contributed by atoms with Gasteiger partial charge in [-0.3, -0.25) is 0 Å². The molecule has 1 atom stereocenters. The molecule has 1 heterocycles. The van der Waals surface area contributed by atoms with Crippen LogP contribution >= 0.6 is 11.8 Å². The smallest absolute Gasteiger partial charge is 0.191 e. The van der Waals surface area contributed by atoms with E-state index in [1.807, 2.05) is 11.8 Å². The van der Waals surface area contributed by atoms with Crippen LogP contribution in [-0.2, 0) is 13.9 Å². The molecule has 0 fully saturated rings. The molecule has 0 saturated carbocycles.